The number of anilines is 1. The van der Waals surface area contributed by atoms with Crippen molar-refractivity contribution in [3.05, 3.63) is 60.2 Å². The Hall–Kier alpha value is -3.15. The summed E-state index contributed by atoms with van der Waals surface area (Å²) in [5.74, 6) is -0.0173. The fraction of sp³-hybridized carbons (Fsp3) is 0.211. The molecular formula is C19H19N3O3. The van der Waals surface area contributed by atoms with Crippen LogP contribution in [-0.4, -0.2) is 31.7 Å². The van der Waals surface area contributed by atoms with Gasteiger partial charge in [0.05, 0.1) is 19.2 Å². The molecule has 3 rings (SSSR count). The van der Waals surface area contributed by atoms with Crippen molar-refractivity contribution in [2.45, 2.75) is 6.42 Å². The summed E-state index contributed by atoms with van der Waals surface area (Å²) in [5, 5.41) is 3.96. The number of rotatable bonds is 5. The Morgan fingerprint density at radius 3 is 2.60 bits per heavy atom. The molecule has 128 valence electrons. The lowest BCUT2D eigenvalue weighted by atomic mass is 10.1. The standard InChI is InChI=1S/C19H19N3O3/c1-25-17-9-7-16(8-10-17)22-13-15(11-18(22)23)19(24)21-20-12-14-5-3-2-4-6-14/h2-10,12,15H,11,13H2,1H3,(H,21,24)/b20-12+/t15-/m0/s1. The Balaban J connectivity index is 1.59. The second kappa shape index (κ2) is 7.61. The van der Waals surface area contributed by atoms with Crippen LogP contribution >= 0.6 is 0 Å². The lowest BCUT2D eigenvalue weighted by molar-refractivity contribution is -0.126. The Morgan fingerprint density at radius 2 is 1.92 bits per heavy atom. The smallest absolute Gasteiger partial charge is 0.245 e. The van der Waals surface area contributed by atoms with Crippen LogP contribution in [0.5, 0.6) is 5.75 Å². The van der Waals surface area contributed by atoms with Crippen molar-refractivity contribution in [3.8, 4) is 5.75 Å². The molecule has 25 heavy (non-hydrogen) atoms. The zero-order chi connectivity index (χ0) is 17.6. The molecule has 0 spiro atoms. The largest absolute Gasteiger partial charge is 0.497 e. The van der Waals surface area contributed by atoms with Crippen molar-refractivity contribution in [2.24, 2.45) is 11.0 Å². The minimum Gasteiger partial charge on any atom is -0.497 e. The molecule has 6 nitrogen and oxygen atoms in total. The molecule has 0 radical (unpaired) electrons. The van der Waals surface area contributed by atoms with Crippen LogP contribution in [0.1, 0.15) is 12.0 Å². The van der Waals surface area contributed by atoms with Crippen LogP contribution in [0, 0.1) is 5.92 Å². The van der Waals surface area contributed by atoms with E-state index in [0.29, 0.717) is 6.54 Å². The van der Waals surface area contributed by atoms with Crippen LogP contribution in [0.25, 0.3) is 0 Å². The molecular weight excluding hydrogens is 318 g/mol. The molecule has 1 heterocycles. The lowest BCUT2D eigenvalue weighted by Crippen LogP contribution is -2.30. The minimum atomic E-state index is -0.414. The van der Waals surface area contributed by atoms with E-state index in [0.717, 1.165) is 17.0 Å². The molecule has 1 saturated heterocycles. The summed E-state index contributed by atoms with van der Waals surface area (Å²) in [6.07, 6.45) is 1.76. The van der Waals surface area contributed by atoms with Crippen LogP contribution in [0.15, 0.2) is 59.7 Å². The van der Waals surface area contributed by atoms with Gasteiger partial charge in [-0.3, -0.25) is 9.59 Å². The van der Waals surface area contributed by atoms with Gasteiger partial charge >= 0.3 is 0 Å². The molecule has 6 heteroatoms. The normalized spacial score (nSPS) is 17.1. The number of ether oxygens (including phenoxy) is 1. The lowest BCUT2D eigenvalue weighted by Gasteiger charge is -2.16. The monoisotopic (exact) mass is 337 g/mol. The molecule has 1 fully saturated rings. The van der Waals surface area contributed by atoms with Crippen molar-refractivity contribution in [1.29, 1.82) is 0 Å². The highest BCUT2D eigenvalue weighted by molar-refractivity contribution is 6.00. The molecule has 0 unspecified atom stereocenters. The molecule has 0 aliphatic carbocycles. The van der Waals surface area contributed by atoms with E-state index in [9.17, 15) is 9.59 Å². The van der Waals surface area contributed by atoms with E-state index in [4.69, 9.17) is 4.74 Å². The van der Waals surface area contributed by atoms with Gasteiger partial charge in [-0.25, -0.2) is 5.43 Å². The van der Waals surface area contributed by atoms with Gasteiger partial charge in [0.25, 0.3) is 0 Å². The number of hydrogen-bond acceptors (Lipinski definition) is 4. The first kappa shape index (κ1) is 16.7. The molecule has 1 aliphatic rings. The molecule has 2 aromatic carbocycles. The van der Waals surface area contributed by atoms with Crippen molar-refractivity contribution >= 4 is 23.7 Å². The number of amides is 2. The Labute approximate surface area is 146 Å². The summed E-state index contributed by atoms with van der Waals surface area (Å²) >= 11 is 0. The van der Waals surface area contributed by atoms with Gasteiger partial charge in [0.15, 0.2) is 0 Å². The third-order valence-electron chi connectivity index (χ3n) is 4.07. The second-order valence-corrected chi connectivity index (χ2v) is 5.75. The number of carbonyl (C=O) groups excluding carboxylic acids is 2. The molecule has 0 saturated carbocycles. The van der Waals surface area contributed by atoms with Gasteiger partial charge in [-0.1, -0.05) is 30.3 Å². The predicted octanol–water partition coefficient (Wildman–Crippen LogP) is 2.20. The maximum absolute atomic E-state index is 12.2. The van der Waals surface area contributed by atoms with E-state index >= 15 is 0 Å². The first-order valence-corrected chi connectivity index (χ1v) is 8.00. The molecule has 1 atom stereocenters. The average Bonchev–Trinajstić information content (AvgIpc) is 3.04. The average molecular weight is 337 g/mol. The van der Waals surface area contributed by atoms with E-state index in [1.165, 1.54) is 0 Å². The highest BCUT2D eigenvalue weighted by Crippen LogP contribution is 2.26. The third-order valence-corrected chi connectivity index (χ3v) is 4.07. The summed E-state index contributed by atoms with van der Waals surface area (Å²) in [7, 11) is 1.59. The third kappa shape index (κ3) is 4.03. The van der Waals surface area contributed by atoms with Crippen LogP contribution in [0.4, 0.5) is 5.69 Å². The zero-order valence-electron chi connectivity index (χ0n) is 13.9. The quantitative estimate of drug-likeness (QED) is 0.672. The zero-order valence-corrected chi connectivity index (χ0v) is 13.9. The number of methoxy groups -OCH3 is 1. The van der Waals surface area contributed by atoms with Gasteiger partial charge in [-0.2, -0.15) is 5.10 Å². The summed E-state index contributed by atoms with van der Waals surface area (Å²) in [5.41, 5.74) is 4.17. The van der Waals surface area contributed by atoms with E-state index in [2.05, 4.69) is 10.5 Å². The van der Waals surface area contributed by atoms with E-state index < -0.39 is 5.92 Å². The van der Waals surface area contributed by atoms with Crippen molar-refractivity contribution in [2.75, 3.05) is 18.6 Å². The Morgan fingerprint density at radius 1 is 1.20 bits per heavy atom. The van der Waals surface area contributed by atoms with Gasteiger partial charge in [-0.15, -0.1) is 0 Å². The molecule has 2 aromatic rings. The van der Waals surface area contributed by atoms with Crippen LogP contribution in [0.3, 0.4) is 0 Å². The van der Waals surface area contributed by atoms with Crippen LogP contribution < -0.4 is 15.1 Å². The summed E-state index contributed by atoms with van der Waals surface area (Å²) < 4.78 is 5.12. The summed E-state index contributed by atoms with van der Waals surface area (Å²) in [4.78, 5) is 26.1. The number of nitrogens with one attached hydrogen (secondary N) is 1. The Bertz CT molecular complexity index is 772. The van der Waals surface area contributed by atoms with Crippen molar-refractivity contribution in [3.63, 3.8) is 0 Å². The summed E-state index contributed by atoms with van der Waals surface area (Å²) in [6, 6.07) is 16.7. The predicted molar refractivity (Wildman–Crippen MR) is 95.6 cm³/mol. The SMILES string of the molecule is COc1ccc(N2C[C@@H](C(=O)N/N=C/c3ccccc3)CC2=O)cc1. The second-order valence-electron chi connectivity index (χ2n) is 5.75. The molecule has 2 amide bonds. The number of benzene rings is 2. The number of nitrogens with zero attached hydrogens (tertiary/aromatic N) is 2. The fourth-order valence-corrected chi connectivity index (χ4v) is 2.70. The van der Waals surface area contributed by atoms with Crippen LogP contribution in [-0.2, 0) is 9.59 Å². The molecule has 1 aliphatic heterocycles. The molecule has 0 aromatic heterocycles. The van der Waals surface area contributed by atoms with Gasteiger partial charge in [0.1, 0.15) is 5.75 Å². The van der Waals surface area contributed by atoms with Crippen molar-refractivity contribution in [1.82, 2.24) is 5.43 Å². The van der Waals surface area contributed by atoms with Gasteiger partial charge in [0.2, 0.25) is 11.8 Å². The number of hydrazone groups is 1. The maximum Gasteiger partial charge on any atom is 0.245 e. The van der Waals surface area contributed by atoms with Gasteiger partial charge in [-0.05, 0) is 29.8 Å². The van der Waals surface area contributed by atoms with Crippen LogP contribution in [0.2, 0.25) is 0 Å². The highest BCUT2D eigenvalue weighted by Gasteiger charge is 2.35. The first-order valence-electron chi connectivity index (χ1n) is 8.00. The topological polar surface area (TPSA) is 71.0 Å². The van der Waals surface area contributed by atoms with E-state index in [-0.39, 0.29) is 18.2 Å². The number of hydrogen-bond donors (Lipinski definition) is 1. The number of carbonyl (C=O) groups is 2. The van der Waals surface area contributed by atoms with Gasteiger partial charge < -0.3 is 9.64 Å². The van der Waals surface area contributed by atoms with E-state index in [1.807, 2.05) is 42.5 Å². The summed E-state index contributed by atoms with van der Waals surface area (Å²) in [6.45, 7) is 0.345. The molecule has 0 bridgehead atoms. The van der Waals surface area contributed by atoms with E-state index in [1.54, 1.807) is 30.4 Å². The Kier molecular flexibility index (Phi) is 5.09. The van der Waals surface area contributed by atoms with Gasteiger partial charge in [0, 0.05) is 18.7 Å². The maximum atomic E-state index is 12.2. The fourth-order valence-electron chi connectivity index (χ4n) is 2.70. The first-order chi connectivity index (χ1) is 12.2. The van der Waals surface area contributed by atoms with Crippen molar-refractivity contribution < 1.29 is 14.3 Å². The highest BCUT2D eigenvalue weighted by atomic mass is 16.5. The minimum absolute atomic E-state index is 0.0719. The molecule has 1 N–H and O–H groups in total.